The van der Waals surface area contributed by atoms with Crippen LogP contribution in [0.3, 0.4) is 0 Å². The second-order valence-electron chi connectivity index (χ2n) is 11.5. The number of rotatable bonds is 4. The number of anilines is 2. The van der Waals surface area contributed by atoms with E-state index in [0.717, 1.165) is 43.8 Å². The molecule has 224 valence electrons. The summed E-state index contributed by atoms with van der Waals surface area (Å²) in [6.07, 6.45) is 4.95. The molecule has 0 bridgehead atoms. The van der Waals surface area contributed by atoms with Crippen LogP contribution in [0.5, 0.6) is 11.5 Å². The lowest BCUT2D eigenvalue weighted by atomic mass is 10.00. The normalized spacial score (nSPS) is 15.7. The van der Waals surface area contributed by atoms with E-state index in [1.807, 2.05) is 6.07 Å². The molecule has 0 saturated carbocycles. The molecule has 8 heteroatoms. The highest BCUT2D eigenvalue weighted by Crippen LogP contribution is 2.39. The molecule has 1 N–H and O–H groups in total. The molecule has 1 unspecified atom stereocenters. The van der Waals surface area contributed by atoms with Crippen molar-refractivity contribution in [2.45, 2.75) is 46.0 Å². The quantitative estimate of drug-likeness (QED) is 0.255. The molecule has 0 fully saturated rings. The third-order valence-corrected chi connectivity index (χ3v) is 8.10. The van der Waals surface area contributed by atoms with Crippen LogP contribution in [0.4, 0.5) is 11.4 Å². The maximum atomic E-state index is 12.0. The molecule has 0 radical (unpaired) electrons. The van der Waals surface area contributed by atoms with Crippen molar-refractivity contribution in [3.05, 3.63) is 92.3 Å². The van der Waals surface area contributed by atoms with Gasteiger partial charge in [0.05, 0.1) is 6.61 Å². The summed E-state index contributed by atoms with van der Waals surface area (Å²) in [4.78, 5) is 16.7. The molecular formula is C34H40Cl2N2O4. The van der Waals surface area contributed by atoms with Crippen molar-refractivity contribution >= 4 is 46.4 Å². The Balaban J connectivity index is 0.000000190. The molecule has 6 rings (SSSR count). The first-order chi connectivity index (χ1) is 19.7. The van der Waals surface area contributed by atoms with Crippen LogP contribution in [0, 0.1) is 12.8 Å². The molecule has 3 aromatic carbocycles. The first-order valence-corrected chi connectivity index (χ1v) is 14.8. The van der Waals surface area contributed by atoms with Crippen molar-refractivity contribution in [2.24, 2.45) is 5.92 Å². The van der Waals surface area contributed by atoms with Crippen molar-refractivity contribution in [3.8, 4) is 11.5 Å². The molecule has 2 aliphatic rings. The average molecular weight is 612 g/mol. The van der Waals surface area contributed by atoms with E-state index in [0.29, 0.717) is 41.6 Å². The van der Waals surface area contributed by atoms with Gasteiger partial charge in [0.15, 0.2) is 5.43 Å². The number of para-hydroxylation sites is 1. The van der Waals surface area contributed by atoms with Crippen LogP contribution in [0.15, 0.2) is 63.8 Å². The highest BCUT2D eigenvalue weighted by Gasteiger charge is 2.22. The van der Waals surface area contributed by atoms with Crippen LogP contribution in [0.2, 0.25) is 5.02 Å². The summed E-state index contributed by atoms with van der Waals surface area (Å²) < 4.78 is 11.2. The zero-order valence-electron chi connectivity index (χ0n) is 24.8. The van der Waals surface area contributed by atoms with E-state index in [2.05, 4.69) is 67.2 Å². The fourth-order valence-electron chi connectivity index (χ4n) is 5.69. The maximum Gasteiger partial charge on any atom is 0.196 e. The van der Waals surface area contributed by atoms with Gasteiger partial charge in [0.2, 0.25) is 0 Å². The highest BCUT2D eigenvalue weighted by atomic mass is 35.5. The maximum absolute atomic E-state index is 12.0. The molecule has 1 aromatic heterocycles. The largest absolute Gasteiger partial charge is 0.507 e. The topological polar surface area (TPSA) is 66.2 Å². The predicted molar refractivity (Wildman–Crippen MR) is 175 cm³/mol. The van der Waals surface area contributed by atoms with E-state index >= 15 is 0 Å². The number of ether oxygens (including phenoxy) is 1. The number of nitrogens with zero attached hydrogens (tertiary/aromatic N) is 2. The molecule has 3 heterocycles. The van der Waals surface area contributed by atoms with Crippen molar-refractivity contribution in [3.63, 3.8) is 0 Å². The van der Waals surface area contributed by atoms with Crippen LogP contribution >= 0.6 is 24.0 Å². The van der Waals surface area contributed by atoms with Gasteiger partial charge in [-0.05, 0) is 94.9 Å². The van der Waals surface area contributed by atoms with Gasteiger partial charge in [-0.25, -0.2) is 0 Å². The fourth-order valence-corrected chi connectivity index (χ4v) is 5.85. The van der Waals surface area contributed by atoms with Crippen molar-refractivity contribution < 1.29 is 14.3 Å². The zero-order valence-corrected chi connectivity index (χ0v) is 26.4. The third-order valence-electron chi connectivity index (χ3n) is 7.86. The lowest BCUT2D eigenvalue weighted by molar-refractivity contribution is 0.265. The Kier molecular flexibility index (Phi) is 10.5. The summed E-state index contributed by atoms with van der Waals surface area (Å²) in [6.45, 7) is 6.55. The van der Waals surface area contributed by atoms with Crippen molar-refractivity contribution in [1.82, 2.24) is 4.90 Å². The second-order valence-corrected chi connectivity index (χ2v) is 11.9. The molecule has 42 heavy (non-hydrogen) atoms. The summed E-state index contributed by atoms with van der Waals surface area (Å²) in [5, 5.41) is 11.4. The summed E-state index contributed by atoms with van der Waals surface area (Å²) >= 11 is 6.27. The number of halogens is 2. The van der Waals surface area contributed by atoms with E-state index < -0.39 is 0 Å². The van der Waals surface area contributed by atoms with Gasteiger partial charge in [-0.3, -0.25) is 4.79 Å². The van der Waals surface area contributed by atoms with E-state index in [9.17, 15) is 9.90 Å². The minimum Gasteiger partial charge on any atom is -0.507 e. The van der Waals surface area contributed by atoms with Crippen LogP contribution in [-0.2, 0) is 19.3 Å². The van der Waals surface area contributed by atoms with Gasteiger partial charge in [-0.1, -0.05) is 42.8 Å². The minimum absolute atomic E-state index is 0. The Morgan fingerprint density at radius 3 is 2.52 bits per heavy atom. The first-order valence-electron chi connectivity index (χ1n) is 14.4. The third kappa shape index (κ3) is 7.05. The Hall–Kier alpha value is -3.19. The van der Waals surface area contributed by atoms with Crippen molar-refractivity contribution in [1.29, 1.82) is 0 Å². The lowest BCUT2D eigenvalue weighted by Crippen LogP contribution is -2.24. The van der Waals surface area contributed by atoms with Crippen molar-refractivity contribution in [2.75, 3.05) is 38.7 Å². The number of hydrogen-bond acceptors (Lipinski definition) is 6. The molecular weight excluding hydrogens is 571 g/mol. The number of benzene rings is 3. The van der Waals surface area contributed by atoms with E-state index in [-0.39, 0.29) is 29.0 Å². The van der Waals surface area contributed by atoms with E-state index in [1.54, 1.807) is 13.0 Å². The van der Waals surface area contributed by atoms with E-state index in [4.69, 9.17) is 20.8 Å². The van der Waals surface area contributed by atoms with Gasteiger partial charge in [-0.15, -0.1) is 12.4 Å². The number of phenols is 1. The molecule has 2 aliphatic heterocycles. The number of aromatic hydroxyl groups is 1. The summed E-state index contributed by atoms with van der Waals surface area (Å²) in [5.74, 6) is 1.59. The summed E-state index contributed by atoms with van der Waals surface area (Å²) in [7, 11) is 4.25. The highest BCUT2D eigenvalue weighted by molar-refractivity contribution is 6.30. The average Bonchev–Trinajstić information content (AvgIpc) is 3.21. The van der Waals surface area contributed by atoms with Gasteiger partial charge in [-0.2, -0.15) is 0 Å². The Morgan fingerprint density at radius 1 is 1.02 bits per heavy atom. The molecule has 1 atom stereocenters. The molecule has 0 spiro atoms. The van der Waals surface area contributed by atoms with Gasteiger partial charge in [0, 0.05) is 40.6 Å². The fraction of sp³-hybridized carbons (Fsp3) is 0.382. The van der Waals surface area contributed by atoms with Gasteiger partial charge in [0.25, 0.3) is 0 Å². The van der Waals surface area contributed by atoms with Gasteiger partial charge >= 0.3 is 0 Å². The summed E-state index contributed by atoms with van der Waals surface area (Å²) in [5.41, 5.74) is 6.32. The SMILES string of the molecule is CN(C)CCCN1c2ccccc2CCc2ccc(Cl)cc21.Cc1cc(=O)c2c(O)c3c(cc2o1)OCC(C)CC3.Cl. The molecule has 6 nitrogen and oxygen atoms in total. The monoisotopic (exact) mass is 610 g/mol. The first kappa shape index (κ1) is 31.7. The van der Waals surface area contributed by atoms with Gasteiger partial charge in [0.1, 0.15) is 28.2 Å². The minimum atomic E-state index is -0.212. The van der Waals surface area contributed by atoms with Crippen LogP contribution < -0.4 is 15.1 Å². The van der Waals surface area contributed by atoms with Crippen LogP contribution in [0.1, 0.15) is 42.2 Å². The number of fused-ring (bicyclic) bond motifs is 4. The Bertz CT molecular complexity index is 1600. The lowest BCUT2D eigenvalue weighted by Gasteiger charge is -2.27. The Labute approximate surface area is 259 Å². The van der Waals surface area contributed by atoms with E-state index in [1.165, 1.54) is 28.6 Å². The predicted octanol–water partition coefficient (Wildman–Crippen LogP) is 7.72. The second kappa shape index (κ2) is 13.9. The molecule has 0 aliphatic carbocycles. The van der Waals surface area contributed by atoms with Crippen LogP contribution in [-0.4, -0.2) is 43.8 Å². The summed E-state index contributed by atoms with van der Waals surface area (Å²) in [6, 6.07) is 18.2. The van der Waals surface area contributed by atoms with Crippen LogP contribution in [0.25, 0.3) is 11.0 Å². The standard InChI is InChI=1S/C19H23ClN2.C15H16O4.ClH/c1-21(2)12-5-13-22-18-7-4-3-6-15(18)8-9-16-10-11-17(20)14-19(16)22;1-8-3-4-10-12(18-7-8)6-13-14(15(10)17)11(16)5-9(2)19-13;/h3-4,6-7,10-11,14H,5,8-9,12-13H2,1-2H3;5-6,8,17H,3-4,7H2,1-2H3;1H. The number of phenolic OH excluding ortho intramolecular Hbond substituents is 1. The number of hydrogen-bond donors (Lipinski definition) is 1. The Morgan fingerprint density at radius 2 is 1.76 bits per heavy atom. The zero-order chi connectivity index (χ0) is 29.1. The van der Waals surface area contributed by atoms with Gasteiger partial charge < -0.3 is 24.1 Å². The smallest absolute Gasteiger partial charge is 0.196 e. The molecule has 4 aromatic rings. The number of aryl methyl sites for hydroxylation is 3. The molecule has 0 saturated heterocycles. The molecule has 0 amide bonds.